The van der Waals surface area contributed by atoms with E-state index >= 15 is 0 Å². The first-order chi connectivity index (χ1) is 5.62. The van der Waals surface area contributed by atoms with Crippen LogP contribution in [-0.2, 0) is 4.79 Å². The maximum absolute atomic E-state index is 11.5. The molecule has 0 unspecified atom stereocenters. The molecule has 0 spiro atoms. The van der Waals surface area contributed by atoms with Gasteiger partial charge in [0.25, 0.3) is 0 Å². The molecule has 0 aliphatic heterocycles. The lowest BCUT2D eigenvalue weighted by atomic mass is 9.64. The van der Waals surface area contributed by atoms with Crippen LogP contribution in [0.25, 0.3) is 0 Å². The van der Waals surface area contributed by atoms with Crippen LogP contribution in [0.5, 0.6) is 0 Å². The van der Waals surface area contributed by atoms with E-state index in [-0.39, 0.29) is 11.7 Å². The van der Waals surface area contributed by atoms with E-state index in [1.54, 1.807) is 0 Å². The van der Waals surface area contributed by atoms with Crippen LogP contribution in [0.2, 0.25) is 0 Å². The SMILES string of the molecule is O=C1[C@H]2[C@@H]3CC[C@@H](C3)[C@H]2C1(Cl)Cl. The van der Waals surface area contributed by atoms with Crippen LogP contribution < -0.4 is 0 Å². The molecule has 3 aliphatic carbocycles. The lowest BCUT2D eigenvalue weighted by Gasteiger charge is -2.47. The molecule has 0 saturated heterocycles. The minimum atomic E-state index is -1.01. The first-order valence-corrected chi connectivity index (χ1v) is 5.30. The van der Waals surface area contributed by atoms with Gasteiger partial charge in [-0.25, -0.2) is 0 Å². The Kier molecular flexibility index (Phi) is 1.28. The summed E-state index contributed by atoms with van der Waals surface area (Å²) in [6.45, 7) is 0. The Bertz CT molecular complexity index is 261. The van der Waals surface area contributed by atoms with Crippen LogP contribution in [0.4, 0.5) is 0 Å². The van der Waals surface area contributed by atoms with Crippen LogP contribution in [0.1, 0.15) is 19.3 Å². The highest BCUT2D eigenvalue weighted by Crippen LogP contribution is 2.66. The van der Waals surface area contributed by atoms with Gasteiger partial charge in [-0.05, 0) is 31.1 Å². The molecule has 66 valence electrons. The van der Waals surface area contributed by atoms with Crippen LogP contribution in [0, 0.1) is 23.7 Å². The fourth-order valence-electron chi connectivity index (χ4n) is 3.48. The van der Waals surface area contributed by atoms with E-state index in [9.17, 15) is 4.79 Å². The van der Waals surface area contributed by atoms with Crippen LogP contribution in [-0.4, -0.2) is 10.1 Å². The fourth-order valence-corrected chi connectivity index (χ4v) is 4.36. The fraction of sp³-hybridized carbons (Fsp3) is 0.889. The maximum atomic E-state index is 11.5. The molecule has 0 aromatic carbocycles. The Hall–Kier alpha value is 0.250. The quantitative estimate of drug-likeness (QED) is 0.555. The molecular weight excluding hydrogens is 195 g/mol. The van der Waals surface area contributed by atoms with E-state index in [0.717, 1.165) is 0 Å². The summed E-state index contributed by atoms with van der Waals surface area (Å²) in [6, 6.07) is 0. The van der Waals surface area contributed by atoms with Crippen molar-refractivity contribution in [2.75, 3.05) is 0 Å². The average Bonchev–Trinajstić information content (AvgIpc) is 2.59. The summed E-state index contributed by atoms with van der Waals surface area (Å²) in [7, 11) is 0. The number of hydrogen-bond donors (Lipinski definition) is 0. The Morgan fingerprint density at radius 2 is 1.92 bits per heavy atom. The van der Waals surface area contributed by atoms with E-state index in [0.29, 0.717) is 17.8 Å². The number of carbonyl (C=O) groups excluding carboxylic acids is 1. The van der Waals surface area contributed by atoms with Crippen molar-refractivity contribution in [3.63, 3.8) is 0 Å². The lowest BCUT2D eigenvalue weighted by molar-refractivity contribution is -0.138. The highest BCUT2D eigenvalue weighted by Gasteiger charge is 2.69. The second-order valence-corrected chi connectivity index (χ2v) is 5.76. The molecule has 2 bridgehead atoms. The number of rotatable bonds is 0. The summed E-state index contributed by atoms with van der Waals surface area (Å²) in [6.07, 6.45) is 3.66. The van der Waals surface area contributed by atoms with E-state index in [4.69, 9.17) is 23.2 Å². The standard InChI is InChI=1S/C9H10Cl2O/c10-9(11)7-5-2-1-4(3-5)6(7)8(9)12/h4-7H,1-3H2/t4-,5+,6+,7-/m1/s1. The molecule has 0 heterocycles. The Morgan fingerprint density at radius 1 is 1.25 bits per heavy atom. The van der Waals surface area contributed by atoms with Gasteiger partial charge in [0.1, 0.15) is 0 Å². The first-order valence-electron chi connectivity index (χ1n) is 4.54. The van der Waals surface area contributed by atoms with Crippen molar-refractivity contribution in [2.24, 2.45) is 23.7 Å². The average molecular weight is 205 g/mol. The van der Waals surface area contributed by atoms with Gasteiger partial charge in [0.2, 0.25) is 0 Å². The van der Waals surface area contributed by atoms with Gasteiger partial charge < -0.3 is 0 Å². The van der Waals surface area contributed by atoms with Gasteiger partial charge in [0.15, 0.2) is 10.1 Å². The third kappa shape index (κ3) is 0.632. The molecule has 12 heavy (non-hydrogen) atoms. The zero-order valence-corrected chi connectivity index (χ0v) is 8.11. The Morgan fingerprint density at radius 3 is 2.58 bits per heavy atom. The molecule has 0 N–H and O–H groups in total. The smallest absolute Gasteiger partial charge is 0.179 e. The summed E-state index contributed by atoms with van der Waals surface area (Å²) < 4.78 is -1.01. The second kappa shape index (κ2) is 2.01. The normalized spacial score (nSPS) is 53.7. The Labute approximate surface area is 81.4 Å². The molecule has 0 radical (unpaired) electrons. The summed E-state index contributed by atoms with van der Waals surface area (Å²) in [5.74, 6) is 1.90. The molecule has 3 rings (SSSR count). The number of halogens is 2. The molecule has 1 nitrogen and oxygen atoms in total. The van der Waals surface area contributed by atoms with Gasteiger partial charge in [-0.15, -0.1) is 0 Å². The highest BCUT2D eigenvalue weighted by atomic mass is 35.5. The largest absolute Gasteiger partial charge is 0.296 e. The molecule has 3 fully saturated rings. The molecule has 4 atom stereocenters. The van der Waals surface area contributed by atoms with Crippen molar-refractivity contribution in [2.45, 2.75) is 23.6 Å². The second-order valence-electron chi connectivity index (χ2n) is 4.37. The van der Waals surface area contributed by atoms with Crippen LogP contribution in [0.3, 0.4) is 0 Å². The topological polar surface area (TPSA) is 17.1 Å². The van der Waals surface area contributed by atoms with Crippen molar-refractivity contribution in [1.82, 2.24) is 0 Å². The number of fused-ring (bicyclic) bond motifs is 5. The molecular formula is C9H10Cl2O. The summed E-state index contributed by atoms with van der Waals surface area (Å²) >= 11 is 11.9. The van der Waals surface area contributed by atoms with Crippen molar-refractivity contribution in [1.29, 1.82) is 0 Å². The predicted octanol–water partition coefficient (Wildman–Crippen LogP) is 2.41. The van der Waals surface area contributed by atoms with E-state index in [1.807, 2.05) is 0 Å². The van der Waals surface area contributed by atoms with Crippen molar-refractivity contribution in [3.05, 3.63) is 0 Å². The number of carbonyl (C=O) groups is 1. The molecule has 0 aromatic heterocycles. The third-order valence-electron chi connectivity index (χ3n) is 3.97. The number of alkyl halides is 2. The third-order valence-corrected chi connectivity index (χ3v) is 4.84. The molecule has 0 aromatic rings. The van der Waals surface area contributed by atoms with Gasteiger partial charge in [0, 0.05) is 11.8 Å². The lowest BCUT2D eigenvalue weighted by Crippen LogP contribution is -2.58. The first kappa shape index (κ1) is 7.64. The number of Topliss-reactive ketones (excluding diaryl/α,β-unsaturated/α-hetero) is 1. The van der Waals surface area contributed by atoms with Crippen molar-refractivity contribution < 1.29 is 4.79 Å². The molecule has 3 aliphatic rings. The summed E-state index contributed by atoms with van der Waals surface area (Å²) in [5.41, 5.74) is 0. The monoisotopic (exact) mass is 204 g/mol. The summed E-state index contributed by atoms with van der Waals surface area (Å²) in [4.78, 5) is 11.5. The zero-order chi connectivity index (χ0) is 8.51. The van der Waals surface area contributed by atoms with Gasteiger partial charge in [-0.2, -0.15) is 0 Å². The van der Waals surface area contributed by atoms with Gasteiger partial charge >= 0.3 is 0 Å². The predicted molar refractivity (Wildman–Crippen MR) is 47.3 cm³/mol. The van der Waals surface area contributed by atoms with E-state index in [2.05, 4.69) is 0 Å². The minimum Gasteiger partial charge on any atom is -0.296 e. The van der Waals surface area contributed by atoms with Gasteiger partial charge in [-0.3, -0.25) is 4.79 Å². The molecule has 0 amide bonds. The summed E-state index contributed by atoms with van der Waals surface area (Å²) in [5, 5.41) is 0. The molecule has 3 saturated carbocycles. The minimum absolute atomic E-state index is 0.100. The zero-order valence-electron chi connectivity index (χ0n) is 6.59. The Balaban J connectivity index is 1.99. The van der Waals surface area contributed by atoms with Gasteiger partial charge in [0.05, 0.1) is 0 Å². The van der Waals surface area contributed by atoms with Crippen LogP contribution >= 0.6 is 23.2 Å². The maximum Gasteiger partial charge on any atom is 0.179 e. The highest BCUT2D eigenvalue weighted by molar-refractivity contribution is 6.61. The van der Waals surface area contributed by atoms with Crippen molar-refractivity contribution >= 4 is 29.0 Å². The number of hydrogen-bond acceptors (Lipinski definition) is 1. The van der Waals surface area contributed by atoms with Crippen molar-refractivity contribution in [3.8, 4) is 0 Å². The van der Waals surface area contributed by atoms with E-state index < -0.39 is 4.33 Å². The van der Waals surface area contributed by atoms with E-state index in [1.165, 1.54) is 19.3 Å². The van der Waals surface area contributed by atoms with Gasteiger partial charge in [-0.1, -0.05) is 23.2 Å². The molecule has 3 heteroatoms. The van der Waals surface area contributed by atoms with Crippen LogP contribution in [0.15, 0.2) is 0 Å². The number of ketones is 1.